The Hall–Kier alpha value is -1.95. The molecule has 0 bridgehead atoms. The third-order valence-electron chi connectivity index (χ3n) is 3.04. The second kappa shape index (κ2) is 6.00. The topological polar surface area (TPSA) is 47.3 Å². The van der Waals surface area contributed by atoms with Crippen LogP contribution in [0.15, 0.2) is 24.4 Å². The van der Waals surface area contributed by atoms with Crippen molar-refractivity contribution in [1.82, 2.24) is 9.78 Å². The molecule has 20 heavy (non-hydrogen) atoms. The summed E-state index contributed by atoms with van der Waals surface area (Å²) in [6.45, 7) is 2.50. The lowest BCUT2D eigenvalue weighted by Gasteiger charge is -2.15. The predicted molar refractivity (Wildman–Crippen MR) is 69.5 cm³/mol. The van der Waals surface area contributed by atoms with Crippen molar-refractivity contribution >= 4 is 0 Å². The van der Waals surface area contributed by atoms with Crippen LogP contribution in [0.3, 0.4) is 0 Å². The zero-order valence-corrected chi connectivity index (χ0v) is 11.3. The van der Waals surface area contributed by atoms with Gasteiger partial charge in [-0.2, -0.15) is 5.10 Å². The molecule has 6 heteroatoms. The molecule has 4 nitrogen and oxygen atoms in total. The van der Waals surface area contributed by atoms with Gasteiger partial charge in [0.15, 0.2) is 17.4 Å². The van der Waals surface area contributed by atoms with Crippen LogP contribution in [-0.2, 0) is 6.54 Å². The Balaban J connectivity index is 2.49. The fraction of sp³-hybridized carbons (Fsp3) is 0.357. The Morgan fingerprint density at radius 3 is 2.80 bits per heavy atom. The van der Waals surface area contributed by atoms with Crippen LogP contribution < -0.4 is 4.74 Å². The summed E-state index contributed by atoms with van der Waals surface area (Å²) in [7, 11) is 1.44. The lowest BCUT2D eigenvalue weighted by atomic mass is 10.0. The summed E-state index contributed by atoms with van der Waals surface area (Å²) in [6.07, 6.45) is 0.899. The number of aromatic nitrogens is 2. The van der Waals surface area contributed by atoms with Crippen LogP contribution >= 0.6 is 0 Å². The summed E-state index contributed by atoms with van der Waals surface area (Å²) >= 11 is 0. The number of benzene rings is 1. The molecule has 1 aromatic heterocycles. The van der Waals surface area contributed by atoms with Crippen LogP contribution in [0, 0.1) is 11.6 Å². The summed E-state index contributed by atoms with van der Waals surface area (Å²) in [5, 5.41) is 14.4. The molecule has 0 radical (unpaired) electrons. The first-order valence-electron chi connectivity index (χ1n) is 6.31. The van der Waals surface area contributed by atoms with Crippen molar-refractivity contribution < 1.29 is 18.6 Å². The lowest BCUT2D eigenvalue weighted by molar-refractivity contribution is 0.195. The Labute approximate surface area is 115 Å². The highest BCUT2D eigenvalue weighted by Gasteiger charge is 2.25. The van der Waals surface area contributed by atoms with Gasteiger partial charge in [-0.1, -0.05) is 19.1 Å². The van der Waals surface area contributed by atoms with Crippen LogP contribution in [0.2, 0.25) is 0 Å². The number of halogens is 2. The van der Waals surface area contributed by atoms with E-state index in [-0.39, 0.29) is 5.56 Å². The fourth-order valence-corrected chi connectivity index (χ4v) is 2.08. The average molecular weight is 282 g/mol. The minimum Gasteiger partial charge on any atom is -0.493 e. The maximum absolute atomic E-state index is 13.8. The van der Waals surface area contributed by atoms with E-state index in [1.165, 1.54) is 30.1 Å². The Morgan fingerprint density at radius 1 is 1.40 bits per heavy atom. The summed E-state index contributed by atoms with van der Waals surface area (Å²) in [5.41, 5.74) is 0.181. The first-order valence-corrected chi connectivity index (χ1v) is 6.31. The molecule has 1 N–H and O–H groups in total. The summed E-state index contributed by atoms with van der Waals surface area (Å²) in [6, 6.07) is 3.70. The van der Waals surface area contributed by atoms with Gasteiger partial charge in [0.25, 0.3) is 0 Å². The quantitative estimate of drug-likeness (QED) is 0.917. The molecule has 1 aromatic carbocycles. The molecular weight excluding hydrogens is 266 g/mol. The number of aryl methyl sites for hydroxylation is 1. The van der Waals surface area contributed by atoms with E-state index in [4.69, 9.17) is 4.74 Å². The van der Waals surface area contributed by atoms with Gasteiger partial charge in [-0.3, -0.25) is 4.68 Å². The lowest BCUT2D eigenvalue weighted by Crippen LogP contribution is -2.13. The smallest absolute Gasteiger partial charge is 0.165 e. The van der Waals surface area contributed by atoms with Crippen LogP contribution in [-0.4, -0.2) is 22.0 Å². The number of aliphatic hydroxyl groups excluding tert-OH is 1. The largest absolute Gasteiger partial charge is 0.493 e. The Kier molecular flexibility index (Phi) is 4.34. The van der Waals surface area contributed by atoms with E-state index in [1.54, 1.807) is 0 Å². The molecule has 1 atom stereocenters. The van der Waals surface area contributed by atoms with E-state index < -0.39 is 17.7 Å². The van der Waals surface area contributed by atoms with E-state index >= 15 is 0 Å². The molecule has 1 heterocycles. The SMILES string of the molecule is CCCn1ncc(OC)c1C(O)c1cccc(F)c1F. The van der Waals surface area contributed by atoms with Gasteiger partial charge in [0.05, 0.1) is 13.3 Å². The maximum atomic E-state index is 13.8. The van der Waals surface area contributed by atoms with Gasteiger partial charge in [-0.05, 0) is 12.5 Å². The fourth-order valence-electron chi connectivity index (χ4n) is 2.08. The number of ether oxygens (including phenoxy) is 1. The second-order valence-corrected chi connectivity index (χ2v) is 4.37. The summed E-state index contributed by atoms with van der Waals surface area (Å²) < 4.78 is 33.7. The van der Waals surface area contributed by atoms with Gasteiger partial charge in [0, 0.05) is 12.1 Å². The molecule has 0 spiro atoms. The molecule has 0 fully saturated rings. The summed E-state index contributed by atoms with van der Waals surface area (Å²) in [4.78, 5) is 0. The zero-order valence-electron chi connectivity index (χ0n) is 11.3. The molecule has 2 aromatic rings. The standard InChI is InChI=1S/C14H16F2N2O2/c1-3-7-18-13(11(20-2)8-17-18)14(19)9-5-4-6-10(15)12(9)16/h4-6,8,14,19H,3,7H2,1-2H3. The molecule has 2 rings (SSSR count). The van der Waals surface area contributed by atoms with Crippen molar-refractivity contribution in [2.45, 2.75) is 26.0 Å². The molecule has 0 aliphatic rings. The van der Waals surface area contributed by atoms with Crippen molar-refractivity contribution in [2.24, 2.45) is 0 Å². The van der Waals surface area contributed by atoms with E-state index in [2.05, 4.69) is 5.10 Å². The Bertz CT molecular complexity index is 599. The molecule has 0 saturated carbocycles. The number of aliphatic hydroxyl groups is 1. The average Bonchev–Trinajstić information content (AvgIpc) is 2.84. The van der Waals surface area contributed by atoms with Crippen LogP contribution in [0.25, 0.3) is 0 Å². The van der Waals surface area contributed by atoms with Gasteiger partial charge in [0.2, 0.25) is 0 Å². The zero-order chi connectivity index (χ0) is 14.7. The van der Waals surface area contributed by atoms with E-state index in [9.17, 15) is 13.9 Å². The number of rotatable bonds is 5. The van der Waals surface area contributed by atoms with Crippen LogP contribution in [0.5, 0.6) is 5.75 Å². The van der Waals surface area contributed by atoms with Gasteiger partial charge in [-0.15, -0.1) is 0 Å². The second-order valence-electron chi connectivity index (χ2n) is 4.37. The normalized spacial score (nSPS) is 12.4. The molecule has 108 valence electrons. The van der Waals surface area contributed by atoms with Crippen molar-refractivity contribution in [3.05, 3.63) is 47.3 Å². The van der Waals surface area contributed by atoms with E-state index in [0.717, 1.165) is 12.5 Å². The van der Waals surface area contributed by atoms with Gasteiger partial charge >= 0.3 is 0 Å². The van der Waals surface area contributed by atoms with Crippen molar-refractivity contribution in [3.8, 4) is 5.75 Å². The monoisotopic (exact) mass is 282 g/mol. The van der Waals surface area contributed by atoms with E-state index in [0.29, 0.717) is 18.0 Å². The first-order chi connectivity index (χ1) is 9.60. The number of hydrogen-bond acceptors (Lipinski definition) is 3. The third kappa shape index (κ3) is 2.51. The Morgan fingerprint density at radius 2 is 2.15 bits per heavy atom. The minimum atomic E-state index is -1.34. The maximum Gasteiger partial charge on any atom is 0.165 e. The number of nitrogens with zero attached hydrogens (tertiary/aromatic N) is 2. The molecular formula is C14H16F2N2O2. The van der Waals surface area contributed by atoms with Crippen LogP contribution in [0.1, 0.15) is 30.7 Å². The first kappa shape index (κ1) is 14.5. The van der Waals surface area contributed by atoms with Gasteiger partial charge in [-0.25, -0.2) is 8.78 Å². The van der Waals surface area contributed by atoms with Crippen LogP contribution in [0.4, 0.5) is 8.78 Å². The summed E-state index contributed by atoms with van der Waals surface area (Å²) in [5.74, 6) is -1.72. The minimum absolute atomic E-state index is 0.138. The highest BCUT2D eigenvalue weighted by Crippen LogP contribution is 2.31. The molecule has 0 aliphatic carbocycles. The van der Waals surface area contributed by atoms with E-state index in [1.807, 2.05) is 6.92 Å². The third-order valence-corrected chi connectivity index (χ3v) is 3.04. The van der Waals surface area contributed by atoms with Crippen molar-refractivity contribution in [3.63, 3.8) is 0 Å². The number of methoxy groups -OCH3 is 1. The number of hydrogen-bond donors (Lipinski definition) is 1. The molecule has 0 aliphatic heterocycles. The highest BCUT2D eigenvalue weighted by molar-refractivity contribution is 5.35. The van der Waals surface area contributed by atoms with Gasteiger partial charge in [0.1, 0.15) is 11.8 Å². The molecule has 1 unspecified atom stereocenters. The van der Waals surface area contributed by atoms with Gasteiger partial charge < -0.3 is 9.84 Å². The molecule has 0 saturated heterocycles. The van der Waals surface area contributed by atoms with Crippen molar-refractivity contribution in [2.75, 3.05) is 7.11 Å². The highest BCUT2D eigenvalue weighted by atomic mass is 19.2. The molecule has 0 amide bonds. The van der Waals surface area contributed by atoms with Crippen molar-refractivity contribution in [1.29, 1.82) is 0 Å². The predicted octanol–water partition coefficient (Wildman–Crippen LogP) is 2.66.